The van der Waals surface area contributed by atoms with Gasteiger partial charge in [-0.3, -0.25) is 14.7 Å². The summed E-state index contributed by atoms with van der Waals surface area (Å²) in [4.78, 5) is 26.3. The van der Waals surface area contributed by atoms with Crippen LogP contribution in [0.2, 0.25) is 0 Å². The lowest BCUT2D eigenvalue weighted by Gasteiger charge is -2.01. The highest BCUT2D eigenvalue weighted by Crippen LogP contribution is 2.16. The molecule has 3 rings (SSSR count). The molecular weight excluding hydrogens is 258 g/mol. The van der Waals surface area contributed by atoms with Crippen molar-refractivity contribution in [3.8, 4) is 0 Å². The minimum atomic E-state index is -0.661. The van der Waals surface area contributed by atoms with Crippen molar-refractivity contribution in [1.29, 1.82) is 0 Å². The van der Waals surface area contributed by atoms with Crippen LogP contribution in [0.25, 0.3) is 10.9 Å². The van der Waals surface area contributed by atoms with Gasteiger partial charge in [0.05, 0.1) is 6.20 Å². The molecule has 0 bridgehead atoms. The van der Waals surface area contributed by atoms with Gasteiger partial charge in [-0.1, -0.05) is 18.2 Å². The van der Waals surface area contributed by atoms with Gasteiger partial charge in [0, 0.05) is 10.9 Å². The van der Waals surface area contributed by atoms with Crippen LogP contribution in [0.5, 0.6) is 0 Å². The highest BCUT2D eigenvalue weighted by atomic mass is 16.2. The van der Waals surface area contributed by atoms with Crippen LogP contribution in [0, 0.1) is 0 Å². The smallest absolute Gasteiger partial charge is 0.273 e. The molecule has 7 heteroatoms. The van der Waals surface area contributed by atoms with Gasteiger partial charge < -0.3 is 16.0 Å². The third kappa shape index (κ3) is 2.01. The highest BCUT2D eigenvalue weighted by Gasteiger charge is 2.15. The van der Waals surface area contributed by atoms with Crippen LogP contribution in [-0.4, -0.2) is 27.0 Å². The average molecular weight is 269 g/mol. The first kappa shape index (κ1) is 12.0. The fourth-order valence-electron chi connectivity index (χ4n) is 1.94. The summed E-state index contributed by atoms with van der Waals surface area (Å²) in [6.45, 7) is 0. The van der Waals surface area contributed by atoms with Gasteiger partial charge in [-0.25, -0.2) is 0 Å². The number of hydrogen-bond donors (Lipinski definition) is 4. The Kier molecular flexibility index (Phi) is 2.72. The van der Waals surface area contributed by atoms with E-state index in [2.05, 4.69) is 20.5 Å². The highest BCUT2D eigenvalue weighted by molar-refractivity contribution is 6.08. The van der Waals surface area contributed by atoms with E-state index in [-0.39, 0.29) is 17.3 Å². The Morgan fingerprint density at radius 2 is 2.05 bits per heavy atom. The van der Waals surface area contributed by atoms with Gasteiger partial charge in [-0.15, -0.1) is 0 Å². The van der Waals surface area contributed by atoms with Crippen molar-refractivity contribution in [2.45, 2.75) is 0 Å². The first-order chi connectivity index (χ1) is 9.65. The summed E-state index contributed by atoms with van der Waals surface area (Å²) in [6, 6.07) is 9.26. The van der Waals surface area contributed by atoms with E-state index in [9.17, 15) is 9.59 Å². The molecule has 2 amide bonds. The third-order valence-electron chi connectivity index (χ3n) is 2.92. The molecule has 0 aliphatic rings. The SMILES string of the molecule is NC(=O)c1cn[nH]c1NC(=O)c1cc2ccccc2[nH]1. The molecular formula is C13H11N5O2. The Bertz CT molecular complexity index is 769. The zero-order chi connectivity index (χ0) is 14.1. The zero-order valence-electron chi connectivity index (χ0n) is 10.3. The van der Waals surface area contributed by atoms with Gasteiger partial charge >= 0.3 is 0 Å². The number of nitrogens with two attached hydrogens (primary N) is 1. The van der Waals surface area contributed by atoms with Crippen LogP contribution in [0.15, 0.2) is 36.5 Å². The molecule has 0 saturated heterocycles. The number of nitrogens with one attached hydrogen (secondary N) is 3. The molecule has 0 unspecified atom stereocenters. The van der Waals surface area contributed by atoms with Crippen LogP contribution in [0.1, 0.15) is 20.8 Å². The number of anilines is 1. The fourth-order valence-corrected chi connectivity index (χ4v) is 1.94. The van der Waals surface area contributed by atoms with E-state index in [1.165, 1.54) is 6.20 Å². The van der Waals surface area contributed by atoms with E-state index in [1.54, 1.807) is 6.07 Å². The number of carbonyl (C=O) groups excluding carboxylic acids is 2. The van der Waals surface area contributed by atoms with Crippen molar-refractivity contribution in [1.82, 2.24) is 15.2 Å². The standard InChI is InChI=1S/C13H11N5O2/c14-11(19)8-6-15-18-12(8)17-13(20)10-5-7-3-1-2-4-9(7)16-10/h1-6,16H,(H2,14,19)(H2,15,17,18,20). The second kappa shape index (κ2) is 4.54. The lowest BCUT2D eigenvalue weighted by molar-refractivity contribution is 0.100. The number of carbonyl (C=O) groups is 2. The minimum absolute atomic E-state index is 0.134. The molecule has 2 aromatic heterocycles. The monoisotopic (exact) mass is 269 g/mol. The van der Waals surface area contributed by atoms with E-state index in [4.69, 9.17) is 5.73 Å². The molecule has 20 heavy (non-hydrogen) atoms. The molecule has 0 fully saturated rings. The number of aromatic nitrogens is 3. The average Bonchev–Trinajstić information content (AvgIpc) is 3.03. The zero-order valence-corrected chi connectivity index (χ0v) is 10.3. The summed E-state index contributed by atoms with van der Waals surface area (Å²) in [5.41, 5.74) is 6.55. The molecule has 7 nitrogen and oxygen atoms in total. The van der Waals surface area contributed by atoms with Crippen molar-refractivity contribution in [2.75, 3.05) is 5.32 Å². The minimum Gasteiger partial charge on any atom is -0.365 e. The fraction of sp³-hybridized carbons (Fsp3) is 0. The quantitative estimate of drug-likeness (QED) is 0.573. The largest absolute Gasteiger partial charge is 0.365 e. The Morgan fingerprint density at radius 3 is 2.80 bits per heavy atom. The first-order valence-electron chi connectivity index (χ1n) is 5.87. The molecule has 100 valence electrons. The van der Waals surface area contributed by atoms with Crippen molar-refractivity contribution in [3.05, 3.63) is 47.8 Å². The van der Waals surface area contributed by atoms with Crippen LogP contribution in [0.4, 0.5) is 5.82 Å². The molecule has 0 spiro atoms. The molecule has 0 saturated carbocycles. The summed E-state index contributed by atoms with van der Waals surface area (Å²) < 4.78 is 0. The van der Waals surface area contributed by atoms with E-state index < -0.39 is 5.91 Å². The summed E-state index contributed by atoms with van der Waals surface area (Å²) in [7, 11) is 0. The second-order valence-electron chi connectivity index (χ2n) is 4.25. The van der Waals surface area contributed by atoms with Crippen LogP contribution < -0.4 is 11.1 Å². The molecule has 0 atom stereocenters. The summed E-state index contributed by atoms with van der Waals surface area (Å²) in [5, 5.41) is 9.70. The molecule has 0 radical (unpaired) electrons. The predicted octanol–water partition coefficient (Wildman–Crippen LogP) is 1.24. The number of benzene rings is 1. The predicted molar refractivity (Wildman–Crippen MR) is 73.4 cm³/mol. The normalized spacial score (nSPS) is 10.6. The number of amides is 2. The topological polar surface area (TPSA) is 117 Å². The lowest BCUT2D eigenvalue weighted by Crippen LogP contribution is -2.17. The van der Waals surface area contributed by atoms with Gasteiger partial charge in [0.25, 0.3) is 11.8 Å². The van der Waals surface area contributed by atoms with Crippen LogP contribution >= 0.6 is 0 Å². The van der Waals surface area contributed by atoms with Crippen molar-refractivity contribution in [2.24, 2.45) is 5.73 Å². The summed E-state index contributed by atoms with van der Waals surface area (Å²) in [5.74, 6) is -0.861. The van der Waals surface area contributed by atoms with E-state index in [1.807, 2.05) is 24.3 Å². The number of fused-ring (bicyclic) bond motifs is 1. The maximum Gasteiger partial charge on any atom is 0.273 e. The molecule has 0 aliphatic carbocycles. The summed E-state index contributed by atoms with van der Waals surface area (Å²) in [6.07, 6.45) is 1.27. The number of primary amides is 1. The maximum atomic E-state index is 12.1. The Hall–Kier alpha value is -3.09. The Balaban J connectivity index is 1.89. The van der Waals surface area contributed by atoms with Gasteiger partial charge in [0.1, 0.15) is 17.1 Å². The molecule has 5 N–H and O–H groups in total. The Labute approximate surface area is 113 Å². The Morgan fingerprint density at radius 1 is 1.25 bits per heavy atom. The summed E-state index contributed by atoms with van der Waals surface area (Å²) >= 11 is 0. The number of hydrogen-bond acceptors (Lipinski definition) is 3. The van der Waals surface area contributed by atoms with Gasteiger partial charge in [0.15, 0.2) is 0 Å². The lowest BCUT2D eigenvalue weighted by atomic mass is 10.2. The van der Waals surface area contributed by atoms with Crippen LogP contribution in [0.3, 0.4) is 0 Å². The van der Waals surface area contributed by atoms with Gasteiger partial charge in [0.2, 0.25) is 0 Å². The number of para-hydroxylation sites is 1. The molecule has 0 aliphatic heterocycles. The maximum absolute atomic E-state index is 12.1. The number of H-pyrrole nitrogens is 2. The van der Waals surface area contributed by atoms with Gasteiger partial charge in [-0.05, 0) is 12.1 Å². The first-order valence-corrected chi connectivity index (χ1v) is 5.87. The van der Waals surface area contributed by atoms with E-state index in [0.717, 1.165) is 10.9 Å². The van der Waals surface area contributed by atoms with Crippen molar-refractivity contribution >= 4 is 28.5 Å². The van der Waals surface area contributed by atoms with Crippen molar-refractivity contribution < 1.29 is 9.59 Å². The molecule has 3 aromatic rings. The molecule has 2 heterocycles. The number of nitrogens with zero attached hydrogens (tertiary/aromatic N) is 1. The van der Waals surface area contributed by atoms with Gasteiger partial charge in [-0.2, -0.15) is 5.10 Å². The van der Waals surface area contributed by atoms with Crippen molar-refractivity contribution in [3.63, 3.8) is 0 Å². The van der Waals surface area contributed by atoms with E-state index in [0.29, 0.717) is 5.69 Å². The number of aromatic amines is 2. The molecule has 1 aromatic carbocycles. The van der Waals surface area contributed by atoms with Crippen LogP contribution in [-0.2, 0) is 0 Å². The second-order valence-corrected chi connectivity index (χ2v) is 4.25. The van der Waals surface area contributed by atoms with E-state index >= 15 is 0 Å². The number of rotatable bonds is 3. The third-order valence-corrected chi connectivity index (χ3v) is 2.92.